The normalized spacial score (nSPS) is 17.5. The molecule has 1 N–H and O–H groups in total. The second-order valence-electron chi connectivity index (χ2n) is 5.40. The van der Waals surface area contributed by atoms with Crippen molar-refractivity contribution >= 4 is 17.5 Å². The number of aromatic amines is 1. The highest BCUT2D eigenvalue weighted by Crippen LogP contribution is 2.30. The van der Waals surface area contributed by atoms with Gasteiger partial charge in [0.2, 0.25) is 5.91 Å². The Bertz CT molecular complexity index is 834. The van der Waals surface area contributed by atoms with E-state index in [1.165, 1.54) is 18.5 Å². The first-order valence-electron chi connectivity index (χ1n) is 7.45. The summed E-state index contributed by atoms with van der Waals surface area (Å²) in [6, 6.07) is 6.54. The number of rotatable bonds is 3. The minimum atomic E-state index is -0.260. The van der Waals surface area contributed by atoms with Gasteiger partial charge < -0.3 is 14.6 Å². The smallest absolute Gasteiger partial charge is 0.251 e. The topological polar surface area (TPSA) is 75.3 Å². The largest absolute Gasteiger partial charge is 0.377 e. The monoisotopic (exact) mass is 345 g/mol. The lowest BCUT2D eigenvalue weighted by Gasteiger charge is -2.35. The Labute approximate surface area is 143 Å². The van der Waals surface area contributed by atoms with E-state index in [9.17, 15) is 9.59 Å². The lowest BCUT2D eigenvalue weighted by Crippen LogP contribution is -2.42. The fourth-order valence-electron chi connectivity index (χ4n) is 2.74. The molecular weight excluding hydrogens is 330 g/mol. The van der Waals surface area contributed by atoms with Crippen LogP contribution in [-0.2, 0) is 9.53 Å². The van der Waals surface area contributed by atoms with Gasteiger partial charge in [-0.2, -0.15) is 0 Å². The van der Waals surface area contributed by atoms with E-state index in [0.717, 1.165) is 5.56 Å². The molecule has 0 aliphatic carbocycles. The van der Waals surface area contributed by atoms with Crippen LogP contribution in [0.2, 0.25) is 5.02 Å². The van der Waals surface area contributed by atoms with Crippen molar-refractivity contribution in [2.75, 3.05) is 19.8 Å². The van der Waals surface area contributed by atoms with E-state index in [1.54, 1.807) is 17.0 Å². The second-order valence-corrected chi connectivity index (χ2v) is 5.83. The van der Waals surface area contributed by atoms with E-state index in [-0.39, 0.29) is 17.5 Å². The van der Waals surface area contributed by atoms with Gasteiger partial charge in [0.05, 0.1) is 31.3 Å². The van der Waals surface area contributed by atoms with Crippen LogP contribution in [0.3, 0.4) is 0 Å². The molecule has 24 heavy (non-hydrogen) atoms. The number of nitrogens with zero attached hydrogens (tertiary/aromatic N) is 2. The number of halogens is 1. The van der Waals surface area contributed by atoms with Gasteiger partial charge in [-0.05, 0) is 29.8 Å². The molecule has 2 aromatic rings. The van der Waals surface area contributed by atoms with Crippen LogP contribution in [0.15, 0.2) is 48.0 Å². The number of nitrogens with one attached hydrogen (secondary N) is 1. The molecule has 0 spiro atoms. The van der Waals surface area contributed by atoms with Gasteiger partial charge in [-0.25, -0.2) is 4.98 Å². The van der Waals surface area contributed by atoms with Crippen molar-refractivity contribution in [1.82, 2.24) is 14.9 Å². The third-order valence-electron chi connectivity index (χ3n) is 3.87. The fraction of sp³-hybridized carbons (Fsp3) is 0.235. The van der Waals surface area contributed by atoms with Crippen molar-refractivity contribution in [3.05, 3.63) is 64.2 Å². The number of aromatic nitrogens is 2. The molecule has 0 bridgehead atoms. The van der Waals surface area contributed by atoms with Crippen LogP contribution >= 0.6 is 11.6 Å². The predicted octanol–water partition coefficient (Wildman–Crippen LogP) is 2.18. The molecule has 1 aliphatic heterocycles. The highest BCUT2D eigenvalue weighted by Gasteiger charge is 2.27. The fourth-order valence-corrected chi connectivity index (χ4v) is 2.98. The molecule has 1 aromatic heterocycles. The second kappa shape index (κ2) is 6.98. The summed E-state index contributed by atoms with van der Waals surface area (Å²) in [6.45, 7) is 4.90. The number of morpholine rings is 1. The summed E-state index contributed by atoms with van der Waals surface area (Å²) in [4.78, 5) is 32.0. The van der Waals surface area contributed by atoms with Crippen LogP contribution in [0.5, 0.6) is 0 Å². The highest BCUT2D eigenvalue weighted by atomic mass is 35.5. The standard InChI is InChI=1S/C17H16ClN3O3/c1-2-17(23)21-3-4-24-9-15(21)12-5-11(6-13(18)7-12)14-8-16(22)20-10-19-14/h2,5-8,10,15H,1,3-4,9H2,(H,19,20,22). The average Bonchev–Trinajstić information content (AvgIpc) is 2.60. The molecule has 0 saturated carbocycles. The van der Waals surface area contributed by atoms with E-state index in [1.807, 2.05) is 6.07 Å². The summed E-state index contributed by atoms with van der Waals surface area (Å²) in [7, 11) is 0. The van der Waals surface area contributed by atoms with Crippen molar-refractivity contribution < 1.29 is 9.53 Å². The van der Waals surface area contributed by atoms with E-state index in [2.05, 4.69) is 16.5 Å². The molecular formula is C17H16ClN3O3. The van der Waals surface area contributed by atoms with Gasteiger partial charge in [-0.1, -0.05) is 18.2 Å². The van der Waals surface area contributed by atoms with Crippen LogP contribution in [0.1, 0.15) is 11.6 Å². The molecule has 0 radical (unpaired) electrons. The number of hydrogen-bond acceptors (Lipinski definition) is 4. The van der Waals surface area contributed by atoms with E-state index in [0.29, 0.717) is 36.0 Å². The zero-order chi connectivity index (χ0) is 17.1. The highest BCUT2D eigenvalue weighted by molar-refractivity contribution is 6.31. The van der Waals surface area contributed by atoms with Gasteiger partial charge in [0, 0.05) is 23.2 Å². The third kappa shape index (κ3) is 3.39. The Hall–Kier alpha value is -2.44. The van der Waals surface area contributed by atoms with E-state index < -0.39 is 0 Å². The number of carbonyl (C=O) groups is 1. The first kappa shape index (κ1) is 16.4. The van der Waals surface area contributed by atoms with E-state index in [4.69, 9.17) is 16.3 Å². The number of carbonyl (C=O) groups excluding carboxylic acids is 1. The van der Waals surface area contributed by atoms with Gasteiger partial charge in [0.25, 0.3) is 5.56 Å². The van der Waals surface area contributed by atoms with Crippen molar-refractivity contribution in [1.29, 1.82) is 0 Å². The third-order valence-corrected chi connectivity index (χ3v) is 4.08. The van der Waals surface area contributed by atoms with Gasteiger partial charge in [0.1, 0.15) is 0 Å². The zero-order valence-corrected chi connectivity index (χ0v) is 13.6. The molecule has 1 aromatic carbocycles. The first-order chi connectivity index (χ1) is 11.6. The minimum absolute atomic E-state index is 0.154. The molecule has 1 fully saturated rings. The van der Waals surface area contributed by atoms with Gasteiger partial charge >= 0.3 is 0 Å². The molecule has 1 aliphatic rings. The Morgan fingerprint density at radius 3 is 3.00 bits per heavy atom. The van der Waals surface area contributed by atoms with Crippen molar-refractivity contribution in [2.24, 2.45) is 0 Å². The van der Waals surface area contributed by atoms with Crippen molar-refractivity contribution in [3.63, 3.8) is 0 Å². The summed E-state index contributed by atoms with van der Waals surface area (Å²) in [5.41, 5.74) is 1.81. The SMILES string of the molecule is C=CC(=O)N1CCOCC1c1cc(Cl)cc(-c2cc(=O)[nH]cn2)c1. The van der Waals surface area contributed by atoms with Crippen molar-refractivity contribution in [2.45, 2.75) is 6.04 Å². The van der Waals surface area contributed by atoms with E-state index >= 15 is 0 Å². The number of benzene rings is 1. The van der Waals surface area contributed by atoms with Gasteiger partial charge in [0.15, 0.2) is 0 Å². The van der Waals surface area contributed by atoms with Crippen LogP contribution < -0.4 is 5.56 Å². The summed E-state index contributed by atoms with van der Waals surface area (Å²) in [5, 5.41) is 0.501. The lowest BCUT2D eigenvalue weighted by atomic mass is 10.0. The van der Waals surface area contributed by atoms with Crippen LogP contribution in [0.4, 0.5) is 0 Å². The summed E-state index contributed by atoms with van der Waals surface area (Å²) >= 11 is 6.24. The maximum atomic E-state index is 12.1. The van der Waals surface area contributed by atoms with Crippen molar-refractivity contribution in [3.8, 4) is 11.3 Å². The Morgan fingerprint density at radius 2 is 2.25 bits per heavy atom. The molecule has 1 atom stereocenters. The van der Waals surface area contributed by atoms with Crippen LogP contribution in [-0.4, -0.2) is 40.5 Å². The molecule has 7 heteroatoms. The van der Waals surface area contributed by atoms with Crippen LogP contribution in [0.25, 0.3) is 11.3 Å². The van der Waals surface area contributed by atoms with Gasteiger partial charge in [-0.15, -0.1) is 0 Å². The van der Waals surface area contributed by atoms with Gasteiger partial charge in [-0.3, -0.25) is 9.59 Å². The maximum Gasteiger partial charge on any atom is 0.251 e. The summed E-state index contributed by atoms with van der Waals surface area (Å²) in [5.74, 6) is -0.154. The lowest BCUT2D eigenvalue weighted by molar-refractivity contribution is -0.134. The zero-order valence-electron chi connectivity index (χ0n) is 12.9. The molecule has 6 nitrogen and oxygen atoms in total. The summed E-state index contributed by atoms with van der Waals surface area (Å²) in [6.07, 6.45) is 2.64. The van der Waals surface area contributed by atoms with Crippen LogP contribution in [0, 0.1) is 0 Å². The Morgan fingerprint density at radius 1 is 1.42 bits per heavy atom. The number of ether oxygens (including phenoxy) is 1. The Balaban J connectivity index is 2.03. The minimum Gasteiger partial charge on any atom is -0.377 e. The first-order valence-corrected chi connectivity index (χ1v) is 7.82. The molecule has 1 saturated heterocycles. The molecule has 3 rings (SSSR count). The molecule has 2 heterocycles. The molecule has 1 unspecified atom stereocenters. The number of H-pyrrole nitrogens is 1. The predicted molar refractivity (Wildman–Crippen MR) is 90.8 cm³/mol. The summed E-state index contributed by atoms with van der Waals surface area (Å²) < 4.78 is 5.52. The molecule has 124 valence electrons. The average molecular weight is 346 g/mol. The Kier molecular flexibility index (Phi) is 4.78. The maximum absolute atomic E-state index is 12.1. The molecule has 1 amide bonds. The number of hydrogen-bond donors (Lipinski definition) is 1. The quantitative estimate of drug-likeness (QED) is 0.865. The number of amides is 1.